The zero-order valence-corrected chi connectivity index (χ0v) is 15.9. The molecule has 0 unspecified atom stereocenters. The van der Waals surface area contributed by atoms with E-state index < -0.39 is 0 Å². The van der Waals surface area contributed by atoms with Gasteiger partial charge in [-0.2, -0.15) is 0 Å². The summed E-state index contributed by atoms with van der Waals surface area (Å²) >= 11 is 0. The van der Waals surface area contributed by atoms with Gasteiger partial charge in [0.1, 0.15) is 11.9 Å². The molecule has 3 aromatic rings. The van der Waals surface area contributed by atoms with E-state index in [0.29, 0.717) is 6.54 Å². The number of carbonyl (C=O) groups excluding carboxylic acids is 1. The second kappa shape index (κ2) is 7.48. The fourth-order valence-electron chi connectivity index (χ4n) is 3.83. The molecule has 0 aliphatic carbocycles. The Morgan fingerprint density at radius 1 is 1.26 bits per heavy atom. The largest absolute Gasteiger partial charge is 0.350 e. The van der Waals surface area contributed by atoms with Crippen molar-refractivity contribution in [3.8, 4) is 0 Å². The van der Waals surface area contributed by atoms with Gasteiger partial charge >= 0.3 is 0 Å². The smallest absolute Gasteiger partial charge is 0.242 e. The number of benzene rings is 1. The van der Waals surface area contributed by atoms with Gasteiger partial charge in [-0.3, -0.25) is 14.7 Å². The SMILES string of the molecule is Cc1nc2cc(CNC(=O)[C@H](c3cccnc3)N3CCCC3)ccc2n1C. The Balaban J connectivity index is 1.51. The highest BCUT2D eigenvalue weighted by Gasteiger charge is 2.29. The van der Waals surface area contributed by atoms with Crippen LogP contribution in [-0.4, -0.2) is 38.4 Å². The third-order valence-electron chi connectivity index (χ3n) is 5.39. The predicted molar refractivity (Wildman–Crippen MR) is 105 cm³/mol. The fourth-order valence-corrected chi connectivity index (χ4v) is 3.83. The predicted octanol–water partition coefficient (Wildman–Crippen LogP) is 2.73. The van der Waals surface area contributed by atoms with Crippen LogP contribution in [0.15, 0.2) is 42.7 Å². The van der Waals surface area contributed by atoms with Gasteiger partial charge in [-0.25, -0.2) is 4.98 Å². The molecule has 1 amide bonds. The number of rotatable bonds is 5. The molecule has 27 heavy (non-hydrogen) atoms. The van der Waals surface area contributed by atoms with Crippen LogP contribution in [0.5, 0.6) is 0 Å². The Bertz CT molecular complexity index is 944. The molecule has 6 heteroatoms. The molecule has 1 aliphatic rings. The first kappa shape index (κ1) is 17.7. The highest BCUT2D eigenvalue weighted by molar-refractivity contribution is 5.83. The number of likely N-dealkylation sites (tertiary alicyclic amines) is 1. The van der Waals surface area contributed by atoms with Crippen molar-refractivity contribution < 1.29 is 4.79 Å². The van der Waals surface area contributed by atoms with Crippen molar-refractivity contribution in [3.63, 3.8) is 0 Å². The van der Waals surface area contributed by atoms with Gasteiger partial charge in [0.2, 0.25) is 5.91 Å². The monoisotopic (exact) mass is 363 g/mol. The van der Waals surface area contributed by atoms with Gasteiger partial charge in [0.25, 0.3) is 0 Å². The van der Waals surface area contributed by atoms with Crippen LogP contribution in [0, 0.1) is 6.92 Å². The molecule has 1 N–H and O–H groups in total. The molecule has 0 saturated carbocycles. The third kappa shape index (κ3) is 3.57. The molecule has 1 aliphatic heterocycles. The number of nitrogens with zero attached hydrogens (tertiary/aromatic N) is 4. The second-order valence-electron chi connectivity index (χ2n) is 7.19. The fraction of sp³-hybridized carbons (Fsp3) is 0.381. The topological polar surface area (TPSA) is 63.1 Å². The van der Waals surface area contributed by atoms with E-state index >= 15 is 0 Å². The second-order valence-corrected chi connectivity index (χ2v) is 7.19. The first-order valence-corrected chi connectivity index (χ1v) is 9.47. The van der Waals surface area contributed by atoms with Gasteiger partial charge in [0.15, 0.2) is 0 Å². The molecule has 1 fully saturated rings. The van der Waals surface area contributed by atoms with Crippen molar-refractivity contribution in [3.05, 3.63) is 59.7 Å². The summed E-state index contributed by atoms with van der Waals surface area (Å²) in [5.41, 5.74) is 4.07. The van der Waals surface area contributed by atoms with Crippen LogP contribution in [-0.2, 0) is 18.4 Å². The standard InChI is InChI=1S/C21H25N5O/c1-15-24-18-12-16(7-8-19(18)25(15)2)13-23-21(27)20(26-10-3-4-11-26)17-6-5-9-22-14-17/h5-9,12,14,20H,3-4,10-11,13H2,1-2H3,(H,23,27)/t20-/m0/s1. The van der Waals surface area contributed by atoms with Crippen LogP contribution >= 0.6 is 0 Å². The van der Waals surface area contributed by atoms with E-state index in [4.69, 9.17) is 0 Å². The summed E-state index contributed by atoms with van der Waals surface area (Å²) in [4.78, 5) is 24.1. The van der Waals surface area contributed by atoms with Crippen LogP contribution < -0.4 is 5.32 Å². The molecule has 140 valence electrons. The molecule has 4 rings (SSSR count). The van der Waals surface area contributed by atoms with E-state index in [1.54, 1.807) is 12.4 Å². The van der Waals surface area contributed by atoms with E-state index in [0.717, 1.165) is 53.9 Å². The first-order valence-electron chi connectivity index (χ1n) is 9.47. The number of pyridine rings is 1. The van der Waals surface area contributed by atoms with Crippen LogP contribution in [0.25, 0.3) is 11.0 Å². The lowest BCUT2D eigenvalue weighted by atomic mass is 10.1. The van der Waals surface area contributed by atoms with E-state index in [9.17, 15) is 4.79 Å². The summed E-state index contributed by atoms with van der Waals surface area (Å²) in [5, 5.41) is 3.12. The number of hydrogen-bond acceptors (Lipinski definition) is 4. The van der Waals surface area contributed by atoms with Crippen LogP contribution in [0.4, 0.5) is 0 Å². The van der Waals surface area contributed by atoms with Crippen LogP contribution in [0.2, 0.25) is 0 Å². The van der Waals surface area contributed by atoms with Crippen LogP contribution in [0.1, 0.15) is 35.8 Å². The van der Waals surface area contributed by atoms with E-state index in [2.05, 4.69) is 43.0 Å². The molecular formula is C21H25N5O. The molecule has 0 radical (unpaired) electrons. The van der Waals surface area contributed by atoms with Crippen molar-refractivity contribution in [1.82, 2.24) is 24.8 Å². The quantitative estimate of drug-likeness (QED) is 0.757. The van der Waals surface area contributed by atoms with Gasteiger partial charge in [0.05, 0.1) is 11.0 Å². The average molecular weight is 363 g/mol. The Morgan fingerprint density at radius 2 is 2.07 bits per heavy atom. The van der Waals surface area contributed by atoms with Crippen molar-refractivity contribution in [2.45, 2.75) is 32.4 Å². The minimum absolute atomic E-state index is 0.0298. The molecule has 3 heterocycles. The Labute approximate surface area is 159 Å². The molecule has 1 atom stereocenters. The number of imidazole rings is 1. The summed E-state index contributed by atoms with van der Waals surface area (Å²) in [6.45, 7) is 4.39. The van der Waals surface area contributed by atoms with Crippen molar-refractivity contribution >= 4 is 16.9 Å². The number of aryl methyl sites for hydroxylation is 2. The molecule has 6 nitrogen and oxygen atoms in total. The molecule has 0 bridgehead atoms. The summed E-state index contributed by atoms with van der Waals surface area (Å²) < 4.78 is 2.07. The minimum Gasteiger partial charge on any atom is -0.350 e. The zero-order chi connectivity index (χ0) is 18.8. The molecule has 1 aromatic carbocycles. The van der Waals surface area contributed by atoms with Gasteiger partial charge < -0.3 is 9.88 Å². The lowest BCUT2D eigenvalue weighted by Gasteiger charge is -2.26. The van der Waals surface area contributed by atoms with Crippen LogP contribution in [0.3, 0.4) is 0 Å². The van der Waals surface area contributed by atoms with Crippen molar-refractivity contribution in [2.24, 2.45) is 7.05 Å². The van der Waals surface area contributed by atoms with E-state index in [1.165, 1.54) is 0 Å². The number of nitrogens with one attached hydrogen (secondary N) is 1. The summed E-state index contributed by atoms with van der Waals surface area (Å²) in [7, 11) is 2.01. The normalized spacial score (nSPS) is 15.9. The van der Waals surface area contributed by atoms with E-state index in [-0.39, 0.29) is 11.9 Å². The third-order valence-corrected chi connectivity index (χ3v) is 5.39. The Morgan fingerprint density at radius 3 is 2.81 bits per heavy atom. The van der Waals surface area contributed by atoms with Gasteiger partial charge in [-0.05, 0) is 62.2 Å². The molecule has 2 aromatic heterocycles. The number of aromatic nitrogens is 3. The maximum absolute atomic E-state index is 13.0. The number of hydrogen-bond donors (Lipinski definition) is 1. The highest BCUT2D eigenvalue weighted by Crippen LogP contribution is 2.25. The summed E-state index contributed by atoms with van der Waals surface area (Å²) in [6.07, 6.45) is 5.82. The number of carbonyl (C=O) groups is 1. The molecular weight excluding hydrogens is 338 g/mol. The minimum atomic E-state index is -0.276. The first-order chi connectivity index (χ1) is 13.1. The number of fused-ring (bicyclic) bond motifs is 1. The van der Waals surface area contributed by atoms with Crippen molar-refractivity contribution in [1.29, 1.82) is 0 Å². The highest BCUT2D eigenvalue weighted by atomic mass is 16.2. The Kier molecular flexibility index (Phi) is 4.90. The molecule has 1 saturated heterocycles. The maximum atomic E-state index is 13.0. The lowest BCUT2D eigenvalue weighted by Crippen LogP contribution is -2.39. The van der Waals surface area contributed by atoms with Crippen molar-refractivity contribution in [2.75, 3.05) is 13.1 Å². The Hall–Kier alpha value is -2.73. The van der Waals surface area contributed by atoms with E-state index in [1.807, 2.05) is 26.1 Å². The lowest BCUT2D eigenvalue weighted by molar-refractivity contribution is -0.126. The summed E-state index contributed by atoms with van der Waals surface area (Å²) in [6, 6.07) is 9.77. The summed E-state index contributed by atoms with van der Waals surface area (Å²) in [5.74, 6) is 1.01. The maximum Gasteiger partial charge on any atom is 0.242 e. The average Bonchev–Trinajstić information content (AvgIpc) is 3.30. The zero-order valence-electron chi connectivity index (χ0n) is 15.9. The van der Waals surface area contributed by atoms with Gasteiger partial charge in [0, 0.05) is 26.0 Å². The van der Waals surface area contributed by atoms with Gasteiger partial charge in [-0.15, -0.1) is 0 Å². The molecule has 0 spiro atoms. The van der Waals surface area contributed by atoms with Gasteiger partial charge in [-0.1, -0.05) is 12.1 Å². The number of amides is 1.